The Balaban J connectivity index is 2.06. The van der Waals surface area contributed by atoms with Gasteiger partial charge in [0.2, 0.25) is 22.3 Å². The number of para-hydroxylation sites is 2. The van der Waals surface area contributed by atoms with Crippen LogP contribution in [-0.4, -0.2) is 76.6 Å². The van der Waals surface area contributed by atoms with E-state index in [1.165, 1.54) is 11.4 Å². The first-order valence-electron chi connectivity index (χ1n) is 7.94. The smallest absolute Gasteiger partial charge is 0.232 e. The molecule has 25 heavy (non-hydrogen) atoms. The summed E-state index contributed by atoms with van der Waals surface area (Å²) in [7, 11) is -2.09. The van der Waals surface area contributed by atoms with Crippen LogP contribution in [0.15, 0.2) is 24.3 Å². The van der Waals surface area contributed by atoms with Crippen molar-refractivity contribution in [2.24, 2.45) is 0 Å². The van der Waals surface area contributed by atoms with Gasteiger partial charge in [-0.3, -0.25) is 13.9 Å². The fraction of sp³-hybridized carbons (Fsp3) is 0.500. The van der Waals surface area contributed by atoms with E-state index in [0.29, 0.717) is 37.6 Å². The van der Waals surface area contributed by atoms with Crippen LogP contribution in [0.25, 0.3) is 0 Å². The Morgan fingerprint density at radius 1 is 1.24 bits per heavy atom. The molecule has 0 radical (unpaired) electrons. The molecule has 1 fully saturated rings. The minimum absolute atomic E-state index is 0.0337. The van der Waals surface area contributed by atoms with E-state index in [0.717, 1.165) is 12.7 Å². The van der Waals surface area contributed by atoms with Gasteiger partial charge in [-0.05, 0) is 12.1 Å². The van der Waals surface area contributed by atoms with Crippen molar-refractivity contribution in [3.8, 4) is 5.75 Å². The monoisotopic (exact) mass is 369 g/mol. The number of nitrogens with zero attached hydrogens (tertiary/aromatic N) is 3. The fourth-order valence-electron chi connectivity index (χ4n) is 2.73. The summed E-state index contributed by atoms with van der Waals surface area (Å²) in [6.45, 7) is 1.96. The highest BCUT2D eigenvalue weighted by Gasteiger charge is 2.24. The molecule has 0 unspecified atom stereocenters. The molecule has 1 aliphatic rings. The Labute approximate surface area is 148 Å². The standard InChI is InChI=1S/C16H23N3O5S/c1-24-15-6-4-3-5-14(15)19(25(2,22)23)8-7-16(21)18-11-9-17(13-20)10-12-18/h3-6,13H,7-12H2,1-2H3. The van der Waals surface area contributed by atoms with Gasteiger partial charge in [0, 0.05) is 39.1 Å². The summed E-state index contributed by atoms with van der Waals surface area (Å²) >= 11 is 0. The lowest BCUT2D eigenvalue weighted by Crippen LogP contribution is -2.48. The van der Waals surface area contributed by atoms with Crippen LogP contribution in [0.4, 0.5) is 5.69 Å². The lowest BCUT2D eigenvalue weighted by molar-refractivity contribution is -0.134. The highest BCUT2D eigenvalue weighted by atomic mass is 32.2. The van der Waals surface area contributed by atoms with Gasteiger partial charge in [0.15, 0.2) is 0 Å². The lowest BCUT2D eigenvalue weighted by Gasteiger charge is -2.33. The number of rotatable bonds is 7. The van der Waals surface area contributed by atoms with Gasteiger partial charge in [0.1, 0.15) is 5.75 Å². The molecule has 1 heterocycles. The molecule has 1 aliphatic heterocycles. The number of ether oxygens (including phenoxy) is 1. The number of carbonyl (C=O) groups excluding carboxylic acids is 2. The van der Waals surface area contributed by atoms with Crippen LogP contribution < -0.4 is 9.04 Å². The molecule has 0 aromatic heterocycles. The van der Waals surface area contributed by atoms with E-state index < -0.39 is 10.0 Å². The van der Waals surface area contributed by atoms with Gasteiger partial charge in [-0.2, -0.15) is 0 Å². The molecular formula is C16H23N3O5S. The largest absolute Gasteiger partial charge is 0.495 e. The van der Waals surface area contributed by atoms with Crippen molar-refractivity contribution in [2.45, 2.75) is 6.42 Å². The summed E-state index contributed by atoms with van der Waals surface area (Å²) in [6.07, 6.45) is 1.94. The zero-order valence-corrected chi connectivity index (χ0v) is 15.2. The average molecular weight is 369 g/mol. The van der Waals surface area contributed by atoms with E-state index in [2.05, 4.69) is 0 Å². The van der Waals surface area contributed by atoms with Crippen LogP contribution in [0.2, 0.25) is 0 Å². The molecule has 0 atom stereocenters. The first-order chi connectivity index (χ1) is 11.9. The molecule has 2 amide bonds. The minimum Gasteiger partial charge on any atom is -0.495 e. The van der Waals surface area contributed by atoms with Crippen molar-refractivity contribution in [1.82, 2.24) is 9.80 Å². The maximum absolute atomic E-state index is 12.4. The van der Waals surface area contributed by atoms with E-state index in [-0.39, 0.29) is 18.9 Å². The van der Waals surface area contributed by atoms with Gasteiger partial charge >= 0.3 is 0 Å². The number of benzene rings is 1. The third-order valence-corrected chi connectivity index (χ3v) is 5.28. The topological polar surface area (TPSA) is 87.2 Å². The number of carbonyl (C=O) groups is 2. The van der Waals surface area contributed by atoms with Crippen molar-refractivity contribution in [1.29, 1.82) is 0 Å². The van der Waals surface area contributed by atoms with Crippen LogP contribution in [0, 0.1) is 0 Å². The van der Waals surface area contributed by atoms with Gasteiger partial charge in [0.05, 0.1) is 19.1 Å². The van der Waals surface area contributed by atoms with Gasteiger partial charge < -0.3 is 14.5 Å². The SMILES string of the molecule is COc1ccccc1N(CCC(=O)N1CCN(C=O)CC1)S(C)(=O)=O. The number of hydrogen-bond donors (Lipinski definition) is 0. The zero-order valence-electron chi connectivity index (χ0n) is 14.4. The molecule has 0 spiro atoms. The molecule has 8 nitrogen and oxygen atoms in total. The summed E-state index contributed by atoms with van der Waals surface area (Å²) in [5, 5.41) is 0. The van der Waals surface area contributed by atoms with E-state index >= 15 is 0 Å². The second-order valence-corrected chi connectivity index (χ2v) is 7.69. The van der Waals surface area contributed by atoms with E-state index in [9.17, 15) is 18.0 Å². The predicted molar refractivity (Wildman–Crippen MR) is 94.0 cm³/mol. The van der Waals surface area contributed by atoms with Crippen molar-refractivity contribution in [2.75, 3.05) is 50.4 Å². The first kappa shape index (κ1) is 19.0. The lowest BCUT2D eigenvalue weighted by atomic mass is 10.2. The maximum Gasteiger partial charge on any atom is 0.232 e. The predicted octanol–water partition coefficient (Wildman–Crippen LogP) is 0.152. The summed E-state index contributed by atoms with van der Waals surface area (Å²) in [5.41, 5.74) is 0.408. The Morgan fingerprint density at radius 3 is 2.44 bits per heavy atom. The number of hydrogen-bond acceptors (Lipinski definition) is 5. The Kier molecular flexibility index (Phi) is 6.24. The van der Waals surface area contributed by atoms with E-state index in [1.807, 2.05) is 0 Å². The third-order valence-electron chi connectivity index (χ3n) is 4.10. The molecule has 1 saturated heterocycles. The Morgan fingerprint density at radius 2 is 1.88 bits per heavy atom. The number of anilines is 1. The molecule has 0 bridgehead atoms. The molecule has 1 aromatic rings. The number of methoxy groups -OCH3 is 1. The van der Waals surface area contributed by atoms with E-state index in [1.54, 1.807) is 34.1 Å². The molecule has 2 rings (SSSR count). The van der Waals surface area contributed by atoms with E-state index in [4.69, 9.17) is 4.74 Å². The zero-order chi connectivity index (χ0) is 18.4. The Hall–Kier alpha value is -2.29. The van der Waals surface area contributed by atoms with Crippen molar-refractivity contribution in [3.63, 3.8) is 0 Å². The third kappa shape index (κ3) is 4.85. The quantitative estimate of drug-likeness (QED) is 0.639. The van der Waals surface area contributed by atoms with Crippen LogP contribution in [0.5, 0.6) is 5.75 Å². The Bertz CT molecular complexity index is 714. The summed E-state index contributed by atoms with van der Waals surface area (Å²) in [5.74, 6) is 0.300. The number of piperazine rings is 1. The van der Waals surface area contributed by atoms with Crippen LogP contribution in [-0.2, 0) is 19.6 Å². The number of sulfonamides is 1. The molecule has 138 valence electrons. The van der Waals surface area contributed by atoms with Crippen molar-refractivity contribution >= 4 is 28.0 Å². The van der Waals surface area contributed by atoms with Crippen molar-refractivity contribution in [3.05, 3.63) is 24.3 Å². The van der Waals surface area contributed by atoms with Gasteiger partial charge in [-0.1, -0.05) is 12.1 Å². The normalized spacial score (nSPS) is 15.0. The van der Waals surface area contributed by atoms with Gasteiger partial charge in [-0.25, -0.2) is 8.42 Å². The molecular weight excluding hydrogens is 346 g/mol. The highest BCUT2D eigenvalue weighted by molar-refractivity contribution is 7.92. The second-order valence-electron chi connectivity index (χ2n) is 5.78. The van der Waals surface area contributed by atoms with Gasteiger partial charge in [0.25, 0.3) is 0 Å². The summed E-state index contributed by atoms with van der Waals surface area (Å²) in [6, 6.07) is 6.79. The molecule has 1 aromatic carbocycles. The summed E-state index contributed by atoms with van der Waals surface area (Å²) < 4.78 is 30.8. The van der Waals surface area contributed by atoms with Gasteiger partial charge in [-0.15, -0.1) is 0 Å². The molecule has 9 heteroatoms. The number of amides is 2. The summed E-state index contributed by atoms with van der Waals surface area (Å²) in [4.78, 5) is 26.4. The average Bonchev–Trinajstić information content (AvgIpc) is 2.61. The van der Waals surface area contributed by atoms with Crippen LogP contribution in [0.3, 0.4) is 0 Å². The second kappa shape index (κ2) is 8.19. The molecule has 0 aliphatic carbocycles. The molecule has 0 N–H and O–H groups in total. The maximum atomic E-state index is 12.4. The van der Waals surface area contributed by atoms with Crippen molar-refractivity contribution < 1.29 is 22.7 Å². The van der Waals surface area contributed by atoms with Crippen LogP contribution >= 0.6 is 0 Å². The molecule has 0 saturated carbocycles. The minimum atomic E-state index is -3.56. The fourth-order valence-corrected chi connectivity index (χ4v) is 3.66. The first-order valence-corrected chi connectivity index (χ1v) is 9.79. The van der Waals surface area contributed by atoms with Crippen LogP contribution in [0.1, 0.15) is 6.42 Å². The highest BCUT2D eigenvalue weighted by Crippen LogP contribution is 2.29.